The average Bonchev–Trinajstić information content (AvgIpc) is 3.09. The number of benzene rings is 1. The highest BCUT2D eigenvalue weighted by atomic mass is 16.5. The average molecular weight is 325 g/mol. The van der Waals surface area contributed by atoms with Crippen molar-refractivity contribution in [2.45, 2.75) is 31.8 Å². The van der Waals surface area contributed by atoms with Crippen LogP contribution in [-0.4, -0.2) is 22.9 Å². The summed E-state index contributed by atoms with van der Waals surface area (Å²) in [5, 5.41) is 2.75. The third-order valence-electron chi connectivity index (χ3n) is 4.00. The van der Waals surface area contributed by atoms with Crippen molar-refractivity contribution in [1.82, 2.24) is 4.98 Å². The number of hydrogen-bond donors (Lipinski definition) is 2. The summed E-state index contributed by atoms with van der Waals surface area (Å²) >= 11 is 0. The second-order valence-corrected chi connectivity index (χ2v) is 5.80. The lowest BCUT2D eigenvalue weighted by Gasteiger charge is -2.13. The van der Waals surface area contributed by atoms with Gasteiger partial charge in [0.25, 0.3) is 5.91 Å². The van der Waals surface area contributed by atoms with E-state index in [-0.39, 0.29) is 17.2 Å². The number of hydrogen-bond acceptors (Lipinski definition) is 4. The molecule has 24 heavy (non-hydrogen) atoms. The molecule has 0 atom stereocenters. The van der Waals surface area contributed by atoms with Crippen molar-refractivity contribution >= 4 is 17.5 Å². The van der Waals surface area contributed by atoms with Crippen LogP contribution in [0.2, 0.25) is 0 Å². The number of nitrogens with two attached hydrogens (primary N) is 1. The zero-order valence-electron chi connectivity index (χ0n) is 13.2. The molecule has 6 heteroatoms. The van der Waals surface area contributed by atoms with Gasteiger partial charge in [0, 0.05) is 11.9 Å². The Morgan fingerprint density at radius 3 is 2.38 bits per heavy atom. The van der Waals surface area contributed by atoms with E-state index in [4.69, 9.17) is 10.5 Å². The summed E-state index contributed by atoms with van der Waals surface area (Å²) in [5.41, 5.74) is 6.28. The number of primary amides is 1. The van der Waals surface area contributed by atoms with E-state index in [1.165, 1.54) is 31.2 Å². The van der Waals surface area contributed by atoms with Gasteiger partial charge in [-0.1, -0.05) is 0 Å². The molecule has 1 aromatic heterocycles. The molecule has 124 valence electrons. The monoisotopic (exact) mass is 325 g/mol. The van der Waals surface area contributed by atoms with Crippen molar-refractivity contribution in [3.63, 3.8) is 0 Å². The Balaban J connectivity index is 1.60. The lowest BCUT2D eigenvalue weighted by atomic mass is 10.2. The lowest BCUT2D eigenvalue weighted by molar-refractivity contribution is 0.0993. The van der Waals surface area contributed by atoms with Gasteiger partial charge < -0.3 is 15.8 Å². The number of carbonyl (C=O) groups is 2. The molecule has 2 amide bonds. The van der Waals surface area contributed by atoms with Crippen molar-refractivity contribution in [3.8, 4) is 5.75 Å². The van der Waals surface area contributed by atoms with Crippen molar-refractivity contribution in [3.05, 3.63) is 53.9 Å². The molecule has 1 saturated carbocycles. The van der Waals surface area contributed by atoms with E-state index >= 15 is 0 Å². The first-order valence-corrected chi connectivity index (χ1v) is 7.96. The molecule has 0 saturated heterocycles. The first kappa shape index (κ1) is 16.0. The molecule has 0 unspecified atom stereocenters. The largest absolute Gasteiger partial charge is 0.490 e. The molecule has 3 rings (SSSR count). The second-order valence-electron chi connectivity index (χ2n) is 5.80. The molecule has 3 N–H and O–H groups in total. The Morgan fingerprint density at radius 2 is 1.79 bits per heavy atom. The van der Waals surface area contributed by atoms with Crippen LogP contribution in [0.15, 0.2) is 42.6 Å². The highest BCUT2D eigenvalue weighted by Gasteiger charge is 2.16. The van der Waals surface area contributed by atoms with E-state index in [2.05, 4.69) is 10.3 Å². The van der Waals surface area contributed by atoms with E-state index in [9.17, 15) is 9.59 Å². The summed E-state index contributed by atoms with van der Waals surface area (Å²) in [5.74, 6) is -0.119. The molecule has 6 nitrogen and oxygen atoms in total. The number of amides is 2. The fraction of sp³-hybridized carbons (Fsp3) is 0.278. The van der Waals surface area contributed by atoms with Crippen LogP contribution in [0, 0.1) is 0 Å². The fourth-order valence-electron chi connectivity index (χ4n) is 2.68. The first-order valence-electron chi connectivity index (χ1n) is 7.96. The first-order chi connectivity index (χ1) is 11.6. The summed E-state index contributed by atoms with van der Waals surface area (Å²) in [6.07, 6.45) is 6.24. The maximum absolute atomic E-state index is 12.1. The molecule has 2 aromatic rings. The van der Waals surface area contributed by atoms with Crippen LogP contribution >= 0.6 is 0 Å². The maximum atomic E-state index is 12.1. The highest BCUT2D eigenvalue weighted by Crippen LogP contribution is 2.25. The maximum Gasteiger partial charge on any atom is 0.274 e. The van der Waals surface area contributed by atoms with Gasteiger partial charge >= 0.3 is 0 Å². The number of carbonyl (C=O) groups excluding carboxylic acids is 2. The van der Waals surface area contributed by atoms with Gasteiger partial charge in [0.15, 0.2) is 0 Å². The number of ether oxygens (including phenoxy) is 1. The number of nitrogens with zero attached hydrogens (tertiary/aromatic N) is 1. The minimum absolute atomic E-state index is 0.214. The number of rotatable bonds is 5. The van der Waals surface area contributed by atoms with Crippen LogP contribution in [0.5, 0.6) is 5.75 Å². The van der Waals surface area contributed by atoms with Crippen LogP contribution in [0.1, 0.15) is 46.5 Å². The third-order valence-corrected chi connectivity index (χ3v) is 4.00. The van der Waals surface area contributed by atoms with Crippen molar-refractivity contribution in [2.24, 2.45) is 5.73 Å². The van der Waals surface area contributed by atoms with Gasteiger partial charge in [-0.25, -0.2) is 0 Å². The highest BCUT2D eigenvalue weighted by molar-refractivity contribution is 6.03. The molecule has 0 bridgehead atoms. The number of aromatic nitrogens is 1. The quantitative estimate of drug-likeness (QED) is 0.883. The van der Waals surface area contributed by atoms with Crippen LogP contribution in [0.3, 0.4) is 0 Å². The standard InChI is InChI=1S/C18H19N3O3/c19-17(22)12-5-10-16(20-11-12)18(23)21-13-6-8-15(9-7-13)24-14-3-1-2-4-14/h5-11,14H,1-4H2,(H2,19,22)(H,21,23). The Hall–Kier alpha value is -2.89. The number of nitrogens with one attached hydrogen (secondary N) is 1. The predicted octanol–water partition coefficient (Wildman–Crippen LogP) is 2.75. The van der Waals surface area contributed by atoms with Gasteiger partial charge in [-0.05, 0) is 62.1 Å². The zero-order chi connectivity index (χ0) is 16.9. The Morgan fingerprint density at radius 1 is 1.08 bits per heavy atom. The zero-order valence-corrected chi connectivity index (χ0v) is 13.2. The second kappa shape index (κ2) is 7.12. The summed E-state index contributed by atoms with van der Waals surface area (Å²) in [4.78, 5) is 27.1. The van der Waals surface area contributed by atoms with Gasteiger partial charge in [-0.3, -0.25) is 14.6 Å². The summed E-state index contributed by atoms with van der Waals surface area (Å²) in [7, 11) is 0. The summed E-state index contributed by atoms with van der Waals surface area (Å²) < 4.78 is 5.89. The Labute approximate surface area is 140 Å². The van der Waals surface area contributed by atoms with Gasteiger partial charge in [0.2, 0.25) is 5.91 Å². The van der Waals surface area contributed by atoms with E-state index < -0.39 is 5.91 Å². The molecule has 1 aliphatic rings. The van der Waals surface area contributed by atoms with Gasteiger partial charge in [0.1, 0.15) is 11.4 Å². The van der Waals surface area contributed by atoms with E-state index in [1.54, 1.807) is 12.1 Å². The summed E-state index contributed by atoms with van der Waals surface area (Å²) in [6.45, 7) is 0. The van der Waals surface area contributed by atoms with Gasteiger partial charge in [-0.15, -0.1) is 0 Å². The molecular formula is C18H19N3O3. The lowest BCUT2D eigenvalue weighted by Crippen LogP contribution is -2.16. The van der Waals surface area contributed by atoms with Crippen LogP contribution in [0.25, 0.3) is 0 Å². The molecule has 1 aromatic carbocycles. The van der Waals surface area contributed by atoms with Crippen LogP contribution < -0.4 is 15.8 Å². The fourth-order valence-corrected chi connectivity index (χ4v) is 2.68. The predicted molar refractivity (Wildman–Crippen MR) is 90.0 cm³/mol. The van der Waals surface area contributed by atoms with Crippen molar-refractivity contribution < 1.29 is 14.3 Å². The number of pyridine rings is 1. The Kier molecular flexibility index (Phi) is 4.74. The topological polar surface area (TPSA) is 94.3 Å². The van der Waals surface area contributed by atoms with E-state index in [0.29, 0.717) is 11.8 Å². The molecule has 1 heterocycles. The van der Waals surface area contributed by atoms with Crippen LogP contribution in [-0.2, 0) is 0 Å². The molecular weight excluding hydrogens is 306 g/mol. The van der Waals surface area contributed by atoms with E-state index in [1.807, 2.05) is 12.1 Å². The minimum Gasteiger partial charge on any atom is -0.490 e. The molecule has 0 spiro atoms. The minimum atomic E-state index is -0.577. The normalized spacial score (nSPS) is 14.3. The molecule has 0 radical (unpaired) electrons. The van der Waals surface area contributed by atoms with Crippen molar-refractivity contribution in [1.29, 1.82) is 0 Å². The molecule has 0 aliphatic heterocycles. The van der Waals surface area contributed by atoms with Gasteiger partial charge in [-0.2, -0.15) is 0 Å². The molecule has 1 aliphatic carbocycles. The molecule has 1 fully saturated rings. The van der Waals surface area contributed by atoms with Crippen molar-refractivity contribution in [2.75, 3.05) is 5.32 Å². The van der Waals surface area contributed by atoms with Crippen LogP contribution in [0.4, 0.5) is 5.69 Å². The smallest absolute Gasteiger partial charge is 0.274 e. The Bertz CT molecular complexity index is 720. The third kappa shape index (κ3) is 3.90. The summed E-state index contributed by atoms with van der Waals surface area (Å²) in [6, 6.07) is 10.2. The van der Waals surface area contributed by atoms with Gasteiger partial charge in [0.05, 0.1) is 11.7 Å². The number of anilines is 1. The van der Waals surface area contributed by atoms with E-state index in [0.717, 1.165) is 18.6 Å². The SMILES string of the molecule is NC(=O)c1ccc(C(=O)Nc2ccc(OC3CCCC3)cc2)nc1.